The molecule has 9 heteroatoms. The molecule has 4 N–H and O–H groups in total. The van der Waals surface area contributed by atoms with Crippen LogP contribution in [-0.2, 0) is 7.05 Å². The number of nitrogens with two attached hydrogens (primary N) is 1. The minimum Gasteiger partial charge on any atom is -0.308 e. The molecule has 0 fully saturated rings. The Morgan fingerprint density at radius 1 is 1.47 bits per heavy atom. The summed E-state index contributed by atoms with van der Waals surface area (Å²) in [6.07, 6.45) is 0. The van der Waals surface area contributed by atoms with Crippen LogP contribution in [0.15, 0.2) is 18.2 Å². The van der Waals surface area contributed by atoms with Crippen LogP contribution >= 0.6 is 0 Å². The molecule has 2 heterocycles. The number of rotatable bonds is 3. The number of hydrogen-bond acceptors (Lipinski definition) is 7. The fourth-order valence-corrected chi connectivity index (χ4v) is 1.14. The lowest BCUT2D eigenvalue weighted by atomic mass is 10.3. The van der Waals surface area contributed by atoms with Crippen molar-refractivity contribution in [3.8, 4) is 0 Å². The van der Waals surface area contributed by atoms with Gasteiger partial charge in [-0.1, -0.05) is 11.2 Å². The van der Waals surface area contributed by atoms with Gasteiger partial charge in [0.15, 0.2) is 0 Å². The van der Waals surface area contributed by atoms with Crippen LogP contribution in [0.2, 0.25) is 0 Å². The van der Waals surface area contributed by atoms with E-state index in [1.165, 1.54) is 4.80 Å². The number of amides is 1. The summed E-state index contributed by atoms with van der Waals surface area (Å²) in [6.45, 7) is 0. The number of nitrogens with one attached hydrogen (secondary N) is 2. The number of nitrogen functional groups attached to an aromatic ring is 1. The van der Waals surface area contributed by atoms with Gasteiger partial charge in [-0.3, -0.25) is 10.1 Å². The van der Waals surface area contributed by atoms with Gasteiger partial charge in [0.25, 0.3) is 11.9 Å². The van der Waals surface area contributed by atoms with E-state index in [9.17, 15) is 4.79 Å². The van der Waals surface area contributed by atoms with E-state index in [4.69, 9.17) is 5.84 Å². The maximum absolute atomic E-state index is 11.7. The molecule has 2 rings (SSSR count). The fraction of sp³-hybridized carbons (Fsp3) is 0.125. The first-order valence-electron chi connectivity index (χ1n) is 4.68. The van der Waals surface area contributed by atoms with Crippen molar-refractivity contribution in [3.05, 3.63) is 23.9 Å². The molecule has 0 bridgehead atoms. The lowest BCUT2D eigenvalue weighted by molar-refractivity contribution is 0.102. The van der Waals surface area contributed by atoms with Crippen molar-refractivity contribution in [3.63, 3.8) is 0 Å². The van der Waals surface area contributed by atoms with Crippen LogP contribution in [-0.4, -0.2) is 31.1 Å². The summed E-state index contributed by atoms with van der Waals surface area (Å²) in [6, 6.07) is 4.84. The first-order chi connectivity index (χ1) is 8.19. The largest absolute Gasteiger partial charge is 0.308 e. The Balaban J connectivity index is 2.14. The quantitative estimate of drug-likeness (QED) is 0.466. The molecule has 0 atom stereocenters. The third-order valence-electron chi connectivity index (χ3n) is 1.86. The summed E-state index contributed by atoms with van der Waals surface area (Å²) in [5, 5.41) is 13.5. The molecule has 0 saturated carbocycles. The highest BCUT2D eigenvalue weighted by molar-refractivity contribution is 6.01. The van der Waals surface area contributed by atoms with Gasteiger partial charge in [-0.15, -0.1) is 5.10 Å². The minimum absolute atomic E-state index is 0.116. The van der Waals surface area contributed by atoms with Crippen molar-refractivity contribution in [1.82, 2.24) is 25.2 Å². The molecule has 0 unspecified atom stereocenters. The summed E-state index contributed by atoms with van der Waals surface area (Å²) in [5.41, 5.74) is 2.55. The summed E-state index contributed by atoms with van der Waals surface area (Å²) in [5.74, 6) is 5.27. The first-order valence-corrected chi connectivity index (χ1v) is 4.68. The highest BCUT2D eigenvalue weighted by Crippen LogP contribution is 2.05. The minimum atomic E-state index is -0.435. The number of pyridine rings is 1. The Labute approximate surface area is 96.0 Å². The van der Waals surface area contributed by atoms with Gasteiger partial charge >= 0.3 is 0 Å². The second-order valence-corrected chi connectivity index (χ2v) is 3.11. The lowest BCUT2D eigenvalue weighted by Gasteiger charge is -2.02. The van der Waals surface area contributed by atoms with E-state index in [-0.39, 0.29) is 11.6 Å². The van der Waals surface area contributed by atoms with Crippen molar-refractivity contribution >= 4 is 17.7 Å². The smallest absolute Gasteiger partial charge is 0.276 e. The highest BCUT2D eigenvalue weighted by Gasteiger charge is 2.10. The summed E-state index contributed by atoms with van der Waals surface area (Å²) >= 11 is 0. The molecule has 2 aromatic rings. The van der Waals surface area contributed by atoms with Crippen LogP contribution < -0.4 is 16.6 Å². The van der Waals surface area contributed by atoms with Crippen molar-refractivity contribution in [2.24, 2.45) is 12.9 Å². The van der Waals surface area contributed by atoms with E-state index in [2.05, 4.69) is 31.1 Å². The summed E-state index contributed by atoms with van der Waals surface area (Å²) in [7, 11) is 1.60. The molecule has 0 aromatic carbocycles. The topological polar surface area (TPSA) is 124 Å². The van der Waals surface area contributed by atoms with Crippen molar-refractivity contribution in [1.29, 1.82) is 0 Å². The van der Waals surface area contributed by atoms with Crippen LogP contribution in [0.4, 0.5) is 11.8 Å². The Kier molecular flexibility index (Phi) is 2.92. The van der Waals surface area contributed by atoms with Gasteiger partial charge in [0.05, 0.1) is 7.05 Å². The van der Waals surface area contributed by atoms with E-state index in [0.29, 0.717) is 5.82 Å². The zero-order chi connectivity index (χ0) is 12.3. The van der Waals surface area contributed by atoms with E-state index < -0.39 is 5.91 Å². The highest BCUT2D eigenvalue weighted by atomic mass is 16.2. The number of carbonyl (C=O) groups is 1. The number of anilines is 2. The van der Waals surface area contributed by atoms with Gasteiger partial charge in [0.2, 0.25) is 0 Å². The van der Waals surface area contributed by atoms with E-state index in [0.717, 1.165) is 0 Å². The third-order valence-corrected chi connectivity index (χ3v) is 1.86. The maximum atomic E-state index is 11.7. The van der Waals surface area contributed by atoms with Gasteiger partial charge in [0, 0.05) is 0 Å². The van der Waals surface area contributed by atoms with Crippen molar-refractivity contribution in [2.45, 2.75) is 0 Å². The van der Waals surface area contributed by atoms with Crippen LogP contribution in [0.3, 0.4) is 0 Å². The number of nitrogens with zero attached hydrogens (tertiary/aromatic N) is 5. The second kappa shape index (κ2) is 4.53. The number of hydrazine groups is 1. The predicted octanol–water partition coefficient (Wildman–Crippen LogP) is -0.857. The molecule has 17 heavy (non-hydrogen) atoms. The summed E-state index contributed by atoms with van der Waals surface area (Å²) < 4.78 is 0. The Morgan fingerprint density at radius 3 is 2.94 bits per heavy atom. The van der Waals surface area contributed by atoms with Gasteiger partial charge < -0.3 is 5.43 Å². The van der Waals surface area contributed by atoms with Crippen LogP contribution in [0.1, 0.15) is 10.5 Å². The Morgan fingerprint density at radius 2 is 2.29 bits per heavy atom. The number of tetrazole rings is 1. The zero-order valence-electron chi connectivity index (χ0n) is 8.95. The molecule has 88 valence electrons. The van der Waals surface area contributed by atoms with Crippen molar-refractivity contribution < 1.29 is 4.79 Å². The number of carbonyl (C=O) groups excluding carboxylic acids is 1. The Hall–Kier alpha value is -2.55. The zero-order valence-corrected chi connectivity index (χ0v) is 8.95. The van der Waals surface area contributed by atoms with Crippen LogP contribution in [0.5, 0.6) is 0 Å². The maximum Gasteiger partial charge on any atom is 0.276 e. The van der Waals surface area contributed by atoms with E-state index in [1.54, 1.807) is 25.2 Å². The molecule has 0 radical (unpaired) electrons. The first kappa shape index (κ1) is 11.0. The van der Waals surface area contributed by atoms with Gasteiger partial charge in [-0.05, 0) is 17.3 Å². The average molecular weight is 234 g/mol. The van der Waals surface area contributed by atoms with Gasteiger partial charge in [-0.25, -0.2) is 10.8 Å². The molecule has 0 aliphatic carbocycles. The van der Waals surface area contributed by atoms with Crippen LogP contribution in [0, 0.1) is 0 Å². The molecule has 0 aliphatic rings. The van der Waals surface area contributed by atoms with E-state index >= 15 is 0 Å². The monoisotopic (exact) mass is 234 g/mol. The SMILES string of the molecule is Cn1nnc(NC(=O)c2cccc(NN)n2)n1. The predicted molar refractivity (Wildman–Crippen MR) is 58.8 cm³/mol. The van der Waals surface area contributed by atoms with Gasteiger partial charge in [-0.2, -0.15) is 4.80 Å². The van der Waals surface area contributed by atoms with E-state index in [1.807, 2.05) is 0 Å². The van der Waals surface area contributed by atoms with Gasteiger partial charge in [0.1, 0.15) is 11.5 Å². The average Bonchev–Trinajstić information content (AvgIpc) is 2.75. The molecule has 2 aromatic heterocycles. The molecular formula is C8H10N8O. The number of aryl methyl sites for hydroxylation is 1. The van der Waals surface area contributed by atoms with Crippen LogP contribution in [0.25, 0.3) is 0 Å². The molecule has 1 amide bonds. The number of hydrogen-bond donors (Lipinski definition) is 3. The molecule has 0 spiro atoms. The van der Waals surface area contributed by atoms with Crippen molar-refractivity contribution in [2.75, 3.05) is 10.7 Å². The fourth-order valence-electron chi connectivity index (χ4n) is 1.14. The summed E-state index contributed by atoms with van der Waals surface area (Å²) in [4.78, 5) is 16.9. The molecule has 0 saturated heterocycles. The standard InChI is InChI=1S/C8H10N8O/c1-16-14-8(13-15-16)11-7(17)5-3-2-4-6(10-5)12-9/h2-4H,9H2,1H3,(H,10,12)(H,11,14,17). The number of aromatic nitrogens is 5. The second-order valence-electron chi connectivity index (χ2n) is 3.11. The normalized spacial score (nSPS) is 10.0. The Bertz CT molecular complexity index is 536. The molecule has 0 aliphatic heterocycles. The molecular weight excluding hydrogens is 224 g/mol. The lowest BCUT2D eigenvalue weighted by Crippen LogP contribution is -2.16. The third kappa shape index (κ3) is 2.52. The molecule has 9 nitrogen and oxygen atoms in total.